The fraction of sp³-hybridized carbons (Fsp3) is 0.714. The van der Waals surface area contributed by atoms with Crippen molar-refractivity contribution in [1.29, 1.82) is 0 Å². The number of nitrogens with zero attached hydrogens (tertiary/aromatic N) is 2. The molecule has 16 heavy (non-hydrogen) atoms. The van der Waals surface area contributed by atoms with Gasteiger partial charge in [-0.1, -0.05) is 13.2 Å². The molecule has 1 saturated heterocycles. The Kier molecular flexibility index (Phi) is 4.20. The molecule has 1 fully saturated rings. The summed E-state index contributed by atoms with van der Waals surface area (Å²) in [6.45, 7) is 16.9. The number of likely N-dealkylation sites (N-methyl/N-ethyl adjacent to an activating group) is 1. The first kappa shape index (κ1) is 13.3. The Balaban J connectivity index is 2.63. The zero-order valence-corrected chi connectivity index (χ0v) is 11.3. The molecular weight excluding hydrogens is 196 g/mol. The van der Waals surface area contributed by atoms with Crippen LogP contribution in [0.25, 0.3) is 0 Å². The van der Waals surface area contributed by atoms with E-state index in [1.807, 2.05) is 6.08 Å². The van der Waals surface area contributed by atoms with Gasteiger partial charge in [0, 0.05) is 30.4 Å². The molecule has 92 valence electrons. The van der Waals surface area contributed by atoms with Crippen molar-refractivity contribution in [3.05, 3.63) is 24.9 Å². The lowest BCUT2D eigenvalue weighted by molar-refractivity contribution is 0.0684. The van der Waals surface area contributed by atoms with E-state index in [4.69, 9.17) is 0 Å². The lowest BCUT2D eigenvalue weighted by atomic mass is 9.98. The molecule has 0 N–H and O–H groups in total. The standard InChI is InChI=1S/C14H26N2/c1-7-12(2)16-10-8-9-13(11-16)15(6)14(3,4)5/h7,13H,1-2,8-11H2,3-6H3. The molecule has 1 rings (SSSR count). The third-order valence-electron chi connectivity index (χ3n) is 3.64. The molecule has 0 aromatic rings. The molecule has 0 bridgehead atoms. The molecule has 1 aliphatic rings. The highest BCUT2D eigenvalue weighted by atomic mass is 15.2. The first-order chi connectivity index (χ1) is 7.36. The summed E-state index contributed by atoms with van der Waals surface area (Å²) >= 11 is 0. The Morgan fingerprint density at radius 1 is 1.44 bits per heavy atom. The average molecular weight is 222 g/mol. The topological polar surface area (TPSA) is 6.48 Å². The van der Waals surface area contributed by atoms with Gasteiger partial charge in [0.05, 0.1) is 0 Å². The van der Waals surface area contributed by atoms with Crippen LogP contribution >= 0.6 is 0 Å². The second-order valence-corrected chi connectivity index (χ2v) is 5.72. The molecule has 2 nitrogen and oxygen atoms in total. The lowest BCUT2D eigenvalue weighted by Gasteiger charge is -2.44. The van der Waals surface area contributed by atoms with Gasteiger partial charge in [-0.3, -0.25) is 4.90 Å². The first-order valence-corrected chi connectivity index (χ1v) is 6.15. The molecule has 0 radical (unpaired) electrons. The van der Waals surface area contributed by atoms with E-state index in [1.54, 1.807) is 0 Å². The zero-order chi connectivity index (χ0) is 12.3. The zero-order valence-electron chi connectivity index (χ0n) is 11.3. The Labute approximate surface area is 101 Å². The monoisotopic (exact) mass is 222 g/mol. The molecule has 2 heteroatoms. The van der Waals surface area contributed by atoms with Crippen molar-refractivity contribution in [2.24, 2.45) is 0 Å². The van der Waals surface area contributed by atoms with E-state index in [2.05, 4.69) is 50.8 Å². The molecule has 0 spiro atoms. The maximum Gasteiger partial charge on any atom is 0.0334 e. The van der Waals surface area contributed by atoms with E-state index in [1.165, 1.54) is 12.8 Å². The highest BCUT2D eigenvalue weighted by Crippen LogP contribution is 2.23. The number of hydrogen-bond donors (Lipinski definition) is 0. The van der Waals surface area contributed by atoms with Gasteiger partial charge in [-0.25, -0.2) is 0 Å². The van der Waals surface area contributed by atoms with Crippen molar-refractivity contribution in [1.82, 2.24) is 9.80 Å². The molecule has 0 amide bonds. The second-order valence-electron chi connectivity index (χ2n) is 5.72. The van der Waals surface area contributed by atoms with Gasteiger partial charge in [0.2, 0.25) is 0 Å². The highest BCUT2D eigenvalue weighted by Gasteiger charge is 2.29. The predicted octanol–water partition coefficient (Wildman–Crippen LogP) is 2.88. The van der Waals surface area contributed by atoms with Crippen LogP contribution in [0.4, 0.5) is 0 Å². The summed E-state index contributed by atoms with van der Waals surface area (Å²) in [5.41, 5.74) is 1.30. The average Bonchev–Trinajstić information content (AvgIpc) is 2.26. The van der Waals surface area contributed by atoms with E-state index in [0.29, 0.717) is 6.04 Å². The maximum atomic E-state index is 4.04. The number of piperidine rings is 1. The van der Waals surface area contributed by atoms with Gasteiger partial charge in [0.1, 0.15) is 0 Å². The molecule has 0 saturated carbocycles. The lowest BCUT2D eigenvalue weighted by Crippen LogP contribution is -2.52. The van der Waals surface area contributed by atoms with Crippen LogP contribution in [-0.4, -0.2) is 41.5 Å². The van der Waals surface area contributed by atoms with Crippen LogP contribution in [0.5, 0.6) is 0 Å². The quantitative estimate of drug-likeness (QED) is 0.678. The van der Waals surface area contributed by atoms with Crippen LogP contribution < -0.4 is 0 Å². The normalized spacial score (nSPS) is 22.3. The number of hydrogen-bond acceptors (Lipinski definition) is 2. The summed E-state index contributed by atoms with van der Waals surface area (Å²) < 4.78 is 0. The summed E-state index contributed by atoms with van der Waals surface area (Å²) in [7, 11) is 2.23. The van der Waals surface area contributed by atoms with E-state index in [9.17, 15) is 0 Å². The fourth-order valence-corrected chi connectivity index (χ4v) is 2.21. The van der Waals surface area contributed by atoms with Crippen LogP contribution in [0.2, 0.25) is 0 Å². The summed E-state index contributed by atoms with van der Waals surface area (Å²) in [6, 6.07) is 0.630. The van der Waals surface area contributed by atoms with Crippen molar-refractivity contribution in [3.8, 4) is 0 Å². The molecule has 0 aliphatic carbocycles. The number of likely N-dealkylation sites (tertiary alicyclic amines) is 1. The van der Waals surface area contributed by atoms with Crippen molar-refractivity contribution < 1.29 is 0 Å². The second kappa shape index (κ2) is 5.05. The molecule has 1 aliphatic heterocycles. The molecule has 0 aromatic heterocycles. The van der Waals surface area contributed by atoms with Crippen molar-refractivity contribution in [3.63, 3.8) is 0 Å². The van der Waals surface area contributed by atoms with E-state index in [-0.39, 0.29) is 5.54 Å². The van der Waals surface area contributed by atoms with Crippen LogP contribution in [0, 0.1) is 0 Å². The first-order valence-electron chi connectivity index (χ1n) is 6.15. The van der Waals surface area contributed by atoms with Gasteiger partial charge in [-0.15, -0.1) is 0 Å². The Morgan fingerprint density at radius 3 is 2.56 bits per heavy atom. The van der Waals surface area contributed by atoms with Crippen LogP contribution in [0.3, 0.4) is 0 Å². The SMILES string of the molecule is C=CC(=C)N1CCCC(N(C)C(C)(C)C)C1. The van der Waals surface area contributed by atoms with Gasteiger partial charge in [0.15, 0.2) is 0 Å². The molecule has 0 aromatic carbocycles. The van der Waals surface area contributed by atoms with Crippen LogP contribution in [0.1, 0.15) is 33.6 Å². The largest absolute Gasteiger partial charge is 0.370 e. The number of rotatable bonds is 3. The van der Waals surface area contributed by atoms with Gasteiger partial charge in [0.25, 0.3) is 0 Å². The van der Waals surface area contributed by atoms with E-state index >= 15 is 0 Å². The van der Waals surface area contributed by atoms with Crippen LogP contribution in [-0.2, 0) is 0 Å². The Bertz CT molecular complexity index is 262. The minimum absolute atomic E-state index is 0.239. The number of allylic oxidation sites excluding steroid dienone is 1. The van der Waals surface area contributed by atoms with Gasteiger partial charge >= 0.3 is 0 Å². The van der Waals surface area contributed by atoms with Crippen molar-refractivity contribution in [2.45, 2.75) is 45.2 Å². The molecule has 1 heterocycles. The summed E-state index contributed by atoms with van der Waals surface area (Å²) in [5.74, 6) is 0. The van der Waals surface area contributed by atoms with E-state index < -0.39 is 0 Å². The minimum atomic E-state index is 0.239. The summed E-state index contributed by atoms with van der Waals surface area (Å²) in [5, 5.41) is 0. The molecular formula is C14H26N2. The third kappa shape index (κ3) is 3.11. The van der Waals surface area contributed by atoms with Gasteiger partial charge in [-0.2, -0.15) is 0 Å². The highest BCUT2D eigenvalue weighted by molar-refractivity contribution is 5.11. The Morgan fingerprint density at radius 2 is 2.06 bits per heavy atom. The Hall–Kier alpha value is -0.760. The third-order valence-corrected chi connectivity index (χ3v) is 3.64. The fourth-order valence-electron chi connectivity index (χ4n) is 2.21. The minimum Gasteiger partial charge on any atom is -0.370 e. The summed E-state index contributed by atoms with van der Waals surface area (Å²) in [6.07, 6.45) is 4.39. The van der Waals surface area contributed by atoms with Crippen LogP contribution in [0.15, 0.2) is 24.9 Å². The van der Waals surface area contributed by atoms with E-state index in [0.717, 1.165) is 18.8 Å². The van der Waals surface area contributed by atoms with Gasteiger partial charge in [-0.05, 0) is 46.7 Å². The molecule has 1 atom stereocenters. The molecule has 1 unspecified atom stereocenters. The van der Waals surface area contributed by atoms with Gasteiger partial charge < -0.3 is 4.90 Å². The smallest absolute Gasteiger partial charge is 0.0334 e. The summed E-state index contributed by atoms with van der Waals surface area (Å²) in [4.78, 5) is 4.83. The maximum absolute atomic E-state index is 4.04. The predicted molar refractivity (Wildman–Crippen MR) is 71.4 cm³/mol. The van der Waals surface area contributed by atoms with Crippen molar-refractivity contribution >= 4 is 0 Å². The van der Waals surface area contributed by atoms with Crippen molar-refractivity contribution in [2.75, 3.05) is 20.1 Å².